The Labute approximate surface area is 210 Å². The zero-order valence-corrected chi connectivity index (χ0v) is 21.6. The summed E-state index contributed by atoms with van der Waals surface area (Å²) in [5, 5.41) is 13.2. The minimum absolute atomic E-state index is 0.0156. The number of carbonyl (C=O) groups is 1. The molecule has 1 atom stereocenters. The normalized spacial score (nSPS) is 12.0. The molecule has 2 aromatic carbocycles. The number of thioether (sulfide) groups is 1. The van der Waals surface area contributed by atoms with E-state index in [1.165, 1.54) is 36.7 Å². The monoisotopic (exact) mass is 502 g/mol. The Morgan fingerprint density at radius 1 is 1.12 bits per heavy atom. The van der Waals surface area contributed by atoms with E-state index in [-0.39, 0.29) is 17.8 Å². The van der Waals surface area contributed by atoms with Crippen LogP contribution in [0.5, 0.6) is 0 Å². The molecule has 5 nitrogen and oxygen atoms in total. The van der Waals surface area contributed by atoms with E-state index < -0.39 is 0 Å². The van der Waals surface area contributed by atoms with Crippen LogP contribution in [0.3, 0.4) is 0 Å². The van der Waals surface area contributed by atoms with Crippen LogP contribution < -0.4 is 5.32 Å². The van der Waals surface area contributed by atoms with Crippen molar-refractivity contribution < 1.29 is 9.18 Å². The summed E-state index contributed by atoms with van der Waals surface area (Å²) in [7, 11) is 0. The van der Waals surface area contributed by atoms with E-state index >= 15 is 0 Å². The van der Waals surface area contributed by atoms with Gasteiger partial charge in [0.25, 0.3) is 0 Å². The van der Waals surface area contributed by atoms with Crippen molar-refractivity contribution in [3.05, 3.63) is 70.3 Å². The maximum atomic E-state index is 13.3. The van der Waals surface area contributed by atoms with Gasteiger partial charge < -0.3 is 5.32 Å². The summed E-state index contributed by atoms with van der Waals surface area (Å²) in [5.74, 6) is 1.01. The maximum Gasteiger partial charge on any atom is 0.220 e. The van der Waals surface area contributed by atoms with Gasteiger partial charge in [0.1, 0.15) is 5.82 Å². The molecule has 3 rings (SSSR count). The Morgan fingerprint density at radius 2 is 1.85 bits per heavy atom. The van der Waals surface area contributed by atoms with Gasteiger partial charge in [0.2, 0.25) is 5.91 Å². The molecule has 0 saturated heterocycles. The molecule has 0 spiro atoms. The highest BCUT2D eigenvalue weighted by Gasteiger charge is 2.22. The lowest BCUT2D eigenvalue weighted by Crippen LogP contribution is -2.28. The van der Waals surface area contributed by atoms with Gasteiger partial charge in [-0.3, -0.25) is 9.36 Å². The van der Waals surface area contributed by atoms with Gasteiger partial charge in [-0.15, -0.1) is 10.2 Å². The summed E-state index contributed by atoms with van der Waals surface area (Å²) in [6, 6.07) is 11.8. The molecule has 8 heteroatoms. The van der Waals surface area contributed by atoms with Crippen LogP contribution in [-0.2, 0) is 10.5 Å². The second-order valence-electron chi connectivity index (χ2n) is 8.48. The first-order valence-corrected chi connectivity index (χ1v) is 13.1. The van der Waals surface area contributed by atoms with Crippen LogP contribution in [0.25, 0.3) is 5.69 Å². The predicted octanol–water partition coefficient (Wildman–Crippen LogP) is 7.20. The minimum Gasteiger partial charge on any atom is -0.346 e. The second kappa shape index (κ2) is 12.9. The highest BCUT2D eigenvalue weighted by Crippen LogP contribution is 2.30. The Morgan fingerprint density at radius 3 is 2.59 bits per heavy atom. The van der Waals surface area contributed by atoms with Gasteiger partial charge in [-0.1, -0.05) is 74.2 Å². The average molecular weight is 503 g/mol. The van der Waals surface area contributed by atoms with Crippen LogP contribution >= 0.6 is 23.4 Å². The van der Waals surface area contributed by atoms with Crippen molar-refractivity contribution in [1.29, 1.82) is 0 Å². The molecular formula is C26H32ClFN4OS. The van der Waals surface area contributed by atoms with Gasteiger partial charge in [-0.2, -0.15) is 0 Å². The number of nitrogens with one attached hydrogen (secondary N) is 1. The molecule has 1 amide bonds. The Hall–Kier alpha value is -2.38. The number of aromatic nitrogens is 3. The predicted molar refractivity (Wildman–Crippen MR) is 137 cm³/mol. The van der Waals surface area contributed by atoms with Crippen LogP contribution in [0.15, 0.2) is 47.6 Å². The van der Waals surface area contributed by atoms with E-state index in [9.17, 15) is 9.18 Å². The summed E-state index contributed by atoms with van der Waals surface area (Å²) in [6.45, 7) is 6.10. The van der Waals surface area contributed by atoms with Crippen molar-refractivity contribution in [2.75, 3.05) is 0 Å². The molecule has 0 radical (unpaired) electrons. The lowest BCUT2D eigenvalue weighted by molar-refractivity contribution is -0.121. The third-order valence-corrected chi connectivity index (χ3v) is 6.86. The maximum absolute atomic E-state index is 13.3. The highest BCUT2D eigenvalue weighted by atomic mass is 35.5. The van der Waals surface area contributed by atoms with E-state index in [1.807, 2.05) is 36.6 Å². The third kappa shape index (κ3) is 7.31. The molecular weight excluding hydrogens is 471 g/mol. The molecule has 0 fully saturated rings. The quantitative estimate of drug-likeness (QED) is 0.210. The third-order valence-electron chi connectivity index (χ3n) is 5.62. The second-order valence-corrected chi connectivity index (χ2v) is 9.85. The molecule has 0 aliphatic rings. The number of amides is 1. The summed E-state index contributed by atoms with van der Waals surface area (Å²) < 4.78 is 15.2. The number of hydrogen-bond acceptors (Lipinski definition) is 4. The van der Waals surface area contributed by atoms with Gasteiger partial charge in [0.15, 0.2) is 11.0 Å². The van der Waals surface area contributed by atoms with Gasteiger partial charge in [-0.25, -0.2) is 4.39 Å². The number of nitrogens with zero attached hydrogens (tertiary/aromatic N) is 3. The lowest BCUT2D eigenvalue weighted by Gasteiger charge is -2.18. The lowest BCUT2D eigenvalue weighted by atomic mass is 10.1. The van der Waals surface area contributed by atoms with Crippen molar-refractivity contribution in [3.8, 4) is 5.69 Å². The van der Waals surface area contributed by atoms with Crippen molar-refractivity contribution in [3.63, 3.8) is 0 Å². The summed E-state index contributed by atoms with van der Waals surface area (Å²) in [5.41, 5.74) is 2.87. The smallest absolute Gasteiger partial charge is 0.220 e. The van der Waals surface area contributed by atoms with Gasteiger partial charge in [-0.05, 0) is 55.7 Å². The van der Waals surface area contributed by atoms with Crippen LogP contribution in [0.2, 0.25) is 5.02 Å². The van der Waals surface area contributed by atoms with Crippen LogP contribution in [0.1, 0.15) is 75.4 Å². The average Bonchev–Trinajstić information content (AvgIpc) is 3.24. The van der Waals surface area contributed by atoms with E-state index in [0.29, 0.717) is 28.2 Å². The molecule has 0 saturated carbocycles. The molecule has 3 aromatic rings. The Kier molecular flexibility index (Phi) is 9.96. The summed E-state index contributed by atoms with van der Waals surface area (Å²) in [4.78, 5) is 12.5. The van der Waals surface area contributed by atoms with E-state index in [2.05, 4.69) is 22.4 Å². The molecule has 0 aliphatic carbocycles. The molecule has 1 N–H and O–H groups in total. The van der Waals surface area contributed by atoms with Crippen molar-refractivity contribution in [2.45, 2.75) is 76.2 Å². The van der Waals surface area contributed by atoms with E-state index in [4.69, 9.17) is 11.6 Å². The standard InChI is InChI=1S/C26H32ClFN4OS/c1-4-5-6-7-8-9-24(33)29-19(3)25-30-31-26(34-17-20-11-14-22(28)15-12-20)32(25)23-16-21(27)13-10-18(23)2/h10-16,19H,4-9,17H2,1-3H3,(H,29,33). The van der Waals surface area contributed by atoms with Crippen LogP contribution in [0.4, 0.5) is 4.39 Å². The highest BCUT2D eigenvalue weighted by molar-refractivity contribution is 7.98. The zero-order valence-electron chi connectivity index (χ0n) is 20.0. The molecule has 34 heavy (non-hydrogen) atoms. The van der Waals surface area contributed by atoms with Crippen molar-refractivity contribution in [2.24, 2.45) is 0 Å². The SMILES string of the molecule is CCCCCCCC(=O)NC(C)c1nnc(SCc2ccc(F)cc2)n1-c1cc(Cl)ccc1C. The van der Waals surface area contributed by atoms with E-state index in [0.717, 1.165) is 36.1 Å². The topological polar surface area (TPSA) is 59.8 Å². The first-order chi connectivity index (χ1) is 16.4. The van der Waals surface area contributed by atoms with Gasteiger partial charge in [0, 0.05) is 17.2 Å². The molecule has 1 unspecified atom stereocenters. The fraction of sp³-hybridized carbons (Fsp3) is 0.423. The molecule has 0 bridgehead atoms. The van der Waals surface area contributed by atoms with Gasteiger partial charge >= 0.3 is 0 Å². The fourth-order valence-corrected chi connectivity index (χ4v) is 4.77. The van der Waals surface area contributed by atoms with E-state index in [1.54, 1.807) is 12.1 Å². The number of aryl methyl sites for hydroxylation is 1. The number of benzene rings is 2. The first-order valence-electron chi connectivity index (χ1n) is 11.8. The number of hydrogen-bond donors (Lipinski definition) is 1. The molecule has 0 aliphatic heterocycles. The largest absolute Gasteiger partial charge is 0.346 e. The Bertz CT molecular complexity index is 1090. The zero-order chi connectivity index (χ0) is 24.5. The van der Waals surface area contributed by atoms with Crippen LogP contribution in [0, 0.1) is 12.7 Å². The minimum atomic E-state index is -0.325. The molecule has 182 valence electrons. The Balaban J connectivity index is 1.80. The summed E-state index contributed by atoms with van der Waals surface area (Å²) in [6.07, 6.45) is 6.01. The molecule has 1 aromatic heterocycles. The first kappa shape index (κ1) is 26.2. The number of carbonyl (C=O) groups excluding carboxylic acids is 1. The molecule has 1 heterocycles. The number of rotatable bonds is 12. The van der Waals surface area contributed by atoms with Gasteiger partial charge in [0.05, 0.1) is 11.7 Å². The number of unbranched alkanes of at least 4 members (excludes halogenated alkanes) is 4. The van der Waals surface area contributed by atoms with Crippen LogP contribution in [-0.4, -0.2) is 20.7 Å². The number of halogens is 2. The van der Waals surface area contributed by atoms with Crippen molar-refractivity contribution >= 4 is 29.3 Å². The summed E-state index contributed by atoms with van der Waals surface area (Å²) >= 11 is 7.82. The fourth-order valence-electron chi connectivity index (χ4n) is 3.70. The van der Waals surface area contributed by atoms with Crippen molar-refractivity contribution in [1.82, 2.24) is 20.1 Å².